The van der Waals surface area contributed by atoms with E-state index in [4.69, 9.17) is 0 Å². The molecule has 0 aliphatic heterocycles. The highest BCUT2D eigenvalue weighted by atomic mass is 16.2. The van der Waals surface area contributed by atoms with Gasteiger partial charge < -0.3 is 0 Å². The summed E-state index contributed by atoms with van der Waals surface area (Å²) in [6.07, 6.45) is 0. The van der Waals surface area contributed by atoms with E-state index in [0.717, 1.165) is 10.1 Å². The SMILES string of the molecule is Cc1c(-c2ccccc2)n(C)c(=O)n(C)c1=O. The van der Waals surface area contributed by atoms with Crippen molar-refractivity contribution >= 4 is 0 Å². The van der Waals surface area contributed by atoms with Crippen molar-refractivity contribution in [1.29, 1.82) is 0 Å². The second-order valence-electron chi connectivity index (χ2n) is 4.05. The molecule has 0 aliphatic rings. The molecule has 0 aliphatic carbocycles. The third-order valence-electron chi connectivity index (χ3n) is 2.94. The fraction of sp³-hybridized carbons (Fsp3) is 0.231. The summed E-state index contributed by atoms with van der Waals surface area (Å²) in [5.41, 5.74) is 1.59. The lowest BCUT2D eigenvalue weighted by Crippen LogP contribution is -2.39. The van der Waals surface area contributed by atoms with Crippen LogP contribution in [0.5, 0.6) is 0 Å². The Hall–Kier alpha value is -2.10. The van der Waals surface area contributed by atoms with Gasteiger partial charge >= 0.3 is 5.69 Å². The summed E-state index contributed by atoms with van der Waals surface area (Å²) in [5, 5.41) is 0. The molecule has 17 heavy (non-hydrogen) atoms. The normalized spacial score (nSPS) is 10.5. The van der Waals surface area contributed by atoms with E-state index < -0.39 is 0 Å². The average Bonchev–Trinajstić information content (AvgIpc) is 2.36. The van der Waals surface area contributed by atoms with Crippen molar-refractivity contribution in [2.24, 2.45) is 14.1 Å². The molecule has 2 rings (SSSR count). The number of benzene rings is 1. The van der Waals surface area contributed by atoms with E-state index in [0.29, 0.717) is 11.3 Å². The van der Waals surface area contributed by atoms with Crippen LogP contribution >= 0.6 is 0 Å². The van der Waals surface area contributed by atoms with E-state index in [1.54, 1.807) is 14.0 Å². The molecule has 88 valence electrons. The molecule has 0 saturated carbocycles. The molecule has 4 nitrogen and oxygen atoms in total. The van der Waals surface area contributed by atoms with Gasteiger partial charge in [0.15, 0.2) is 0 Å². The van der Waals surface area contributed by atoms with Gasteiger partial charge in [-0.2, -0.15) is 0 Å². The maximum Gasteiger partial charge on any atom is 0.330 e. The van der Waals surface area contributed by atoms with Crippen LogP contribution in [0.25, 0.3) is 11.3 Å². The molecule has 0 amide bonds. The van der Waals surface area contributed by atoms with Crippen LogP contribution in [-0.2, 0) is 14.1 Å². The first-order valence-corrected chi connectivity index (χ1v) is 5.36. The Kier molecular flexibility index (Phi) is 2.71. The van der Waals surface area contributed by atoms with E-state index in [9.17, 15) is 9.59 Å². The standard InChI is InChI=1S/C13H14N2O2/c1-9-11(10-7-5-4-6-8-10)14(2)13(17)15(3)12(9)16/h4-8H,1-3H3. The zero-order valence-electron chi connectivity index (χ0n) is 10.1. The van der Waals surface area contributed by atoms with Gasteiger partial charge in [0, 0.05) is 19.7 Å². The number of rotatable bonds is 1. The third kappa shape index (κ3) is 1.71. The molecule has 0 N–H and O–H groups in total. The Balaban J connectivity index is 2.90. The molecule has 1 aromatic heterocycles. The quantitative estimate of drug-likeness (QED) is 0.735. The zero-order valence-corrected chi connectivity index (χ0v) is 10.1. The predicted molar refractivity (Wildman–Crippen MR) is 67.1 cm³/mol. The van der Waals surface area contributed by atoms with Crippen molar-refractivity contribution in [1.82, 2.24) is 9.13 Å². The molecule has 0 fully saturated rings. The van der Waals surface area contributed by atoms with Crippen LogP contribution in [0.4, 0.5) is 0 Å². The molecule has 0 spiro atoms. The van der Waals surface area contributed by atoms with E-state index in [2.05, 4.69) is 0 Å². The summed E-state index contributed by atoms with van der Waals surface area (Å²) in [7, 11) is 3.17. The van der Waals surface area contributed by atoms with Gasteiger partial charge in [0.2, 0.25) is 0 Å². The molecule has 0 unspecified atom stereocenters. The number of hydrogen-bond acceptors (Lipinski definition) is 2. The van der Waals surface area contributed by atoms with Crippen LogP contribution in [0.2, 0.25) is 0 Å². The van der Waals surface area contributed by atoms with Gasteiger partial charge in [0.05, 0.1) is 5.69 Å². The second-order valence-corrected chi connectivity index (χ2v) is 4.05. The lowest BCUT2D eigenvalue weighted by molar-refractivity contribution is 0.683. The summed E-state index contributed by atoms with van der Waals surface area (Å²) in [4.78, 5) is 23.7. The number of aromatic nitrogens is 2. The van der Waals surface area contributed by atoms with Crippen LogP contribution in [0.1, 0.15) is 5.56 Å². The highest BCUT2D eigenvalue weighted by Crippen LogP contribution is 2.18. The topological polar surface area (TPSA) is 44.0 Å². The summed E-state index contributed by atoms with van der Waals surface area (Å²) in [5.74, 6) is 0. The molecule has 1 heterocycles. The molecular formula is C13H14N2O2. The largest absolute Gasteiger partial charge is 0.330 e. The van der Waals surface area contributed by atoms with E-state index in [-0.39, 0.29) is 11.2 Å². The second kappa shape index (κ2) is 4.05. The lowest BCUT2D eigenvalue weighted by atomic mass is 10.1. The maximum absolute atomic E-state index is 11.9. The van der Waals surface area contributed by atoms with Crippen LogP contribution in [0, 0.1) is 6.92 Å². The minimum atomic E-state index is -0.306. The number of nitrogens with zero attached hydrogens (tertiary/aromatic N) is 2. The Morgan fingerprint density at radius 2 is 1.53 bits per heavy atom. The first-order valence-electron chi connectivity index (χ1n) is 5.36. The first-order chi connectivity index (χ1) is 8.04. The smallest absolute Gasteiger partial charge is 0.296 e. The predicted octanol–water partition coefficient (Wildman–Crippen LogP) is 1.06. The first kappa shape index (κ1) is 11.4. The van der Waals surface area contributed by atoms with E-state index >= 15 is 0 Å². The molecular weight excluding hydrogens is 216 g/mol. The summed E-state index contributed by atoms with van der Waals surface area (Å²) in [6, 6.07) is 9.45. The van der Waals surface area contributed by atoms with Crippen molar-refractivity contribution in [3.63, 3.8) is 0 Å². The summed E-state index contributed by atoms with van der Waals surface area (Å²) >= 11 is 0. The highest BCUT2D eigenvalue weighted by Gasteiger charge is 2.12. The zero-order chi connectivity index (χ0) is 12.6. The van der Waals surface area contributed by atoms with Crippen LogP contribution in [0.15, 0.2) is 39.9 Å². The molecule has 0 bridgehead atoms. The van der Waals surface area contributed by atoms with Crippen molar-refractivity contribution in [2.45, 2.75) is 6.92 Å². The van der Waals surface area contributed by atoms with Gasteiger partial charge in [-0.05, 0) is 12.5 Å². The van der Waals surface area contributed by atoms with Gasteiger partial charge in [-0.3, -0.25) is 13.9 Å². The molecule has 0 saturated heterocycles. The van der Waals surface area contributed by atoms with Gasteiger partial charge in [0.25, 0.3) is 5.56 Å². The van der Waals surface area contributed by atoms with E-state index in [1.807, 2.05) is 30.3 Å². The Morgan fingerprint density at radius 1 is 0.941 bits per heavy atom. The molecule has 2 aromatic rings. The number of hydrogen-bond donors (Lipinski definition) is 0. The van der Waals surface area contributed by atoms with Crippen molar-refractivity contribution in [3.05, 3.63) is 56.7 Å². The van der Waals surface area contributed by atoms with Gasteiger partial charge in [-0.15, -0.1) is 0 Å². The third-order valence-corrected chi connectivity index (χ3v) is 2.94. The molecule has 4 heteroatoms. The lowest BCUT2D eigenvalue weighted by Gasteiger charge is -2.12. The summed E-state index contributed by atoms with van der Waals surface area (Å²) < 4.78 is 2.63. The Morgan fingerprint density at radius 3 is 2.12 bits per heavy atom. The van der Waals surface area contributed by atoms with Gasteiger partial charge in [0.1, 0.15) is 0 Å². The van der Waals surface area contributed by atoms with Crippen molar-refractivity contribution in [3.8, 4) is 11.3 Å². The Labute approximate surface area is 98.8 Å². The van der Waals surface area contributed by atoms with Gasteiger partial charge in [-0.25, -0.2) is 4.79 Å². The summed E-state index contributed by atoms with van der Waals surface area (Å²) in [6.45, 7) is 1.74. The van der Waals surface area contributed by atoms with Crippen LogP contribution in [-0.4, -0.2) is 9.13 Å². The fourth-order valence-corrected chi connectivity index (χ4v) is 2.02. The van der Waals surface area contributed by atoms with E-state index in [1.165, 1.54) is 11.6 Å². The van der Waals surface area contributed by atoms with Crippen molar-refractivity contribution < 1.29 is 0 Å². The van der Waals surface area contributed by atoms with Gasteiger partial charge in [-0.1, -0.05) is 30.3 Å². The minimum Gasteiger partial charge on any atom is -0.296 e. The fourth-order valence-electron chi connectivity index (χ4n) is 2.02. The molecule has 1 aromatic carbocycles. The monoisotopic (exact) mass is 230 g/mol. The van der Waals surface area contributed by atoms with Crippen LogP contribution < -0.4 is 11.2 Å². The molecule has 0 atom stereocenters. The van der Waals surface area contributed by atoms with Crippen molar-refractivity contribution in [2.75, 3.05) is 0 Å². The average molecular weight is 230 g/mol. The Bertz CT molecular complexity index is 629. The van der Waals surface area contributed by atoms with Crippen LogP contribution in [0.3, 0.4) is 0 Å². The maximum atomic E-state index is 11.9. The highest BCUT2D eigenvalue weighted by molar-refractivity contribution is 5.62. The minimum absolute atomic E-state index is 0.244. The molecule has 0 radical (unpaired) electrons.